The van der Waals surface area contributed by atoms with Gasteiger partial charge in [-0.15, -0.1) is 22.7 Å². The van der Waals surface area contributed by atoms with Crippen molar-refractivity contribution >= 4 is 34.7 Å². The van der Waals surface area contributed by atoms with Gasteiger partial charge in [-0.25, -0.2) is 4.98 Å². The van der Waals surface area contributed by atoms with Crippen LogP contribution in [0.2, 0.25) is 0 Å². The van der Waals surface area contributed by atoms with E-state index in [1.165, 1.54) is 22.3 Å². The molecule has 0 aliphatic carbocycles. The first kappa shape index (κ1) is 12.0. The van der Waals surface area contributed by atoms with E-state index in [2.05, 4.69) is 16.4 Å². The molecule has 0 unspecified atom stereocenters. The Kier molecular flexibility index (Phi) is 4.46. The summed E-state index contributed by atoms with van der Waals surface area (Å²) in [5, 5.41) is 7.61. The predicted molar refractivity (Wildman–Crippen MR) is 72.2 cm³/mol. The lowest BCUT2D eigenvalue weighted by atomic mass is 10.3. The van der Waals surface area contributed by atoms with Gasteiger partial charge in [-0.3, -0.25) is 4.79 Å². The Morgan fingerprint density at radius 1 is 1.41 bits per heavy atom. The normalized spacial score (nSPS) is 10.8. The van der Waals surface area contributed by atoms with E-state index in [0.717, 1.165) is 11.4 Å². The predicted octanol–water partition coefficient (Wildman–Crippen LogP) is 2.58. The first-order chi connectivity index (χ1) is 8.34. The molecule has 88 valence electrons. The monoisotopic (exact) mass is 264 g/mol. The Bertz CT molecular complexity index is 475. The Labute approximate surface area is 108 Å². The van der Waals surface area contributed by atoms with E-state index >= 15 is 0 Å². The van der Waals surface area contributed by atoms with Gasteiger partial charge in [-0.2, -0.15) is 0 Å². The number of carbonyl (C=O) groups is 1. The van der Waals surface area contributed by atoms with Crippen molar-refractivity contribution in [3.63, 3.8) is 0 Å². The number of thiazole rings is 1. The standard InChI is InChI=1S/C12H12N2OS2/c15-11(3-4-12-14-7-9-17-12)13-6-5-10-2-1-8-16-10/h1-4,7-9H,5-6H2,(H,13,15)/b4-3+. The highest BCUT2D eigenvalue weighted by Crippen LogP contribution is 2.08. The lowest BCUT2D eigenvalue weighted by Crippen LogP contribution is -2.23. The maximum Gasteiger partial charge on any atom is 0.244 e. The minimum Gasteiger partial charge on any atom is -0.352 e. The Hall–Kier alpha value is -1.46. The van der Waals surface area contributed by atoms with Crippen LogP contribution in [0.4, 0.5) is 0 Å². The van der Waals surface area contributed by atoms with Crippen LogP contribution < -0.4 is 5.32 Å². The van der Waals surface area contributed by atoms with E-state index < -0.39 is 0 Å². The maximum atomic E-state index is 11.4. The summed E-state index contributed by atoms with van der Waals surface area (Å²) in [6, 6.07) is 4.09. The summed E-state index contributed by atoms with van der Waals surface area (Å²) >= 11 is 3.22. The molecule has 0 saturated carbocycles. The van der Waals surface area contributed by atoms with Crippen LogP contribution in [0.5, 0.6) is 0 Å². The largest absolute Gasteiger partial charge is 0.352 e. The second kappa shape index (κ2) is 6.32. The fourth-order valence-electron chi connectivity index (χ4n) is 1.29. The second-order valence-electron chi connectivity index (χ2n) is 3.32. The third-order valence-corrected chi connectivity index (χ3v) is 3.76. The topological polar surface area (TPSA) is 42.0 Å². The molecule has 0 aliphatic rings. The molecule has 2 aromatic rings. The molecule has 0 aliphatic heterocycles. The molecule has 17 heavy (non-hydrogen) atoms. The molecular weight excluding hydrogens is 252 g/mol. The molecule has 0 bridgehead atoms. The zero-order valence-corrected chi connectivity index (χ0v) is 10.8. The van der Waals surface area contributed by atoms with Crippen LogP contribution in [0.3, 0.4) is 0 Å². The zero-order chi connectivity index (χ0) is 11.9. The van der Waals surface area contributed by atoms with Crippen LogP contribution in [-0.2, 0) is 11.2 Å². The van der Waals surface area contributed by atoms with Gasteiger partial charge < -0.3 is 5.32 Å². The van der Waals surface area contributed by atoms with Crippen LogP contribution in [-0.4, -0.2) is 17.4 Å². The number of hydrogen-bond acceptors (Lipinski definition) is 4. The van der Waals surface area contributed by atoms with E-state index in [-0.39, 0.29) is 5.91 Å². The maximum absolute atomic E-state index is 11.4. The van der Waals surface area contributed by atoms with E-state index in [0.29, 0.717) is 6.54 Å². The fraction of sp³-hybridized carbons (Fsp3) is 0.167. The highest BCUT2D eigenvalue weighted by molar-refractivity contribution is 7.10. The smallest absolute Gasteiger partial charge is 0.244 e. The summed E-state index contributed by atoms with van der Waals surface area (Å²) in [7, 11) is 0. The van der Waals surface area contributed by atoms with Crippen molar-refractivity contribution in [1.29, 1.82) is 0 Å². The number of hydrogen-bond donors (Lipinski definition) is 1. The molecule has 0 fully saturated rings. The van der Waals surface area contributed by atoms with Crippen LogP contribution in [0.1, 0.15) is 9.88 Å². The lowest BCUT2D eigenvalue weighted by Gasteiger charge is -1.99. The Morgan fingerprint density at radius 2 is 2.35 bits per heavy atom. The molecule has 5 heteroatoms. The SMILES string of the molecule is O=C(/C=C/c1nccs1)NCCc1cccs1. The van der Waals surface area contributed by atoms with Gasteiger partial charge in [0.15, 0.2) is 0 Å². The van der Waals surface area contributed by atoms with Gasteiger partial charge in [0.25, 0.3) is 0 Å². The molecule has 0 saturated heterocycles. The van der Waals surface area contributed by atoms with Crippen LogP contribution in [0.15, 0.2) is 35.2 Å². The summed E-state index contributed by atoms with van der Waals surface area (Å²) in [5.41, 5.74) is 0. The number of thiophene rings is 1. The number of rotatable bonds is 5. The van der Waals surface area contributed by atoms with Gasteiger partial charge in [-0.1, -0.05) is 6.07 Å². The average molecular weight is 264 g/mol. The molecule has 1 N–H and O–H groups in total. The number of nitrogens with zero attached hydrogens (tertiary/aromatic N) is 1. The minimum absolute atomic E-state index is 0.0724. The van der Waals surface area contributed by atoms with Crippen molar-refractivity contribution in [3.05, 3.63) is 45.1 Å². The van der Waals surface area contributed by atoms with E-state index in [1.54, 1.807) is 23.6 Å². The number of aromatic nitrogens is 1. The van der Waals surface area contributed by atoms with Gasteiger partial charge in [0.2, 0.25) is 5.91 Å². The second-order valence-corrected chi connectivity index (χ2v) is 5.28. The highest BCUT2D eigenvalue weighted by Gasteiger charge is 1.97. The molecule has 2 aromatic heterocycles. The molecule has 0 atom stereocenters. The molecule has 0 aromatic carbocycles. The van der Waals surface area contributed by atoms with Crippen molar-refractivity contribution in [2.24, 2.45) is 0 Å². The fourth-order valence-corrected chi connectivity index (χ4v) is 2.52. The van der Waals surface area contributed by atoms with E-state index in [9.17, 15) is 4.79 Å². The lowest BCUT2D eigenvalue weighted by molar-refractivity contribution is -0.116. The third-order valence-electron chi connectivity index (χ3n) is 2.08. The molecule has 1 amide bonds. The number of nitrogens with one attached hydrogen (secondary N) is 1. The zero-order valence-electron chi connectivity index (χ0n) is 9.13. The van der Waals surface area contributed by atoms with Crippen molar-refractivity contribution in [3.8, 4) is 0 Å². The quantitative estimate of drug-likeness (QED) is 0.843. The summed E-state index contributed by atoms with van der Waals surface area (Å²) in [6.45, 7) is 0.668. The number of carbonyl (C=O) groups excluding carboxylic acids is 1. The van der Waals surface area contributed by atoms with Crippen molar-refractivity contribution < 1.29 is 4.79 Å². The highest BCUT2D eigenvalue weighted by atomic mass is 32.1. The minimum atomic E-state index is -0.0724. The van der Waals surface area contributed by atoms with Gasteiger partial charge in [0, 0.05) is 29.1 Å². The van der Waals surface area contributed by atoms with Gasteiger partial charge in [0.05, 0.1) is 0 Å². The first-order valence-corrected chi connectivity index (χ1v) is 6.98. The molecular formula is C12H12N2OS2. The van der Waals surface area contributed by atoms with E-state index in [1.807, 2.05) is 16.8 Å². The Morgan fingerprint density at radius 3 is 3.06 bits per heavy atom. The number of amides is 1. The third kappa shape index (κ3) is 4.13. The van der Waals surface area contributed by atoms with Crippen LogP contribution in [0.25, 0.3) is 6.08 Å². The molecule has 0 radical (unpaired) electrons. The summed E-state index contributed by atoms with van der Waals surface area (Å²) in [4.78, 5) is 16.8. The summed E-state index contributed by atoms with van der Waals surface area (Å²) < 4.78 is 0. The molecule has 2 rings (SSSR count). The summed E-state index contributed by atoms with van der Waals surface area (Å²) in [6.07, 6.45) is 5.85. The van der Waals surface area contributed by atoms with E-state index in [4.69, 9.17) is 0 Å². The average Bonchev–Trinajstić information content (AvgIpc) is 2.99. The van der Waals surface area contributed by atoms with Crippen molar-refractivity contribution in [2.75, 3.05) is 6.54 Å². The van der Waals surface area contributed by atoms with Crippen LogP contribution >= 0.6 is 22.7 Å². The van der Waals surface area contributed by atoms with Gasteiger partial charge >= 0.3 is 0 Å². The van der Waals surface area contributed by atoms with Gasteiger partial charge in [-0.05, 0) is 23.9 Å². The molecule has 2 heterocycles. The first-order valence-electron chi connectivity index (χ1n) is 5.22. The van der Waals surface area contributed by atoms with Crippen molar-refractivity contribution in [2.45, 2.75) is 6.42 Å². The molecule has 3 nitrogen and oxygen atoms in total. The summed E-state index contributed by atoms with van der Waals surface area (Å²) in [5.74, 6) is -0.0724. The Balaban J connectivity index is 1.71. The van der Waals surface area contributed by atoms with Crippen molar-refractivity contribution in [1.82, 2.24) is 10.3 Å². The van der Waals surface area contributed by atoms with Crippen LogP contribution in [0, 0.1) is 0 Å². The van der Waals surface area contributed by atoms with Gasteiger partial charge in [0.1, 0.15) is 5.01 Å². The molecule has 0 spiro atoms.